The topological polar surface area (TPSA) is 113 Å². The van der Waals surface area contributed by atoms with Crippen LogP contribution in [0.4, 0.5) is 16.0 Å². The number of ether oxygens (including phenoxy) is 1. The van der Waals surface area contributed by atoms with Crippen molar-refractivity contribution in [1.29, 1.82) is 0 Å². The van der Waals surface area contributed by atoms with Crippen LogP contribution < -0.4 is 16.2 Å². The molecule has 4 aromatic rings. The first kappa shape index (κ1) is 18.4. The van der Waals surface area contributed by atoms with Gasteiger partial charge in [-0.3, -0.25) is 0 Å². The van der Waals surface area contributed by atoms with Gasteiger partial charge in [0.2, 0.25) is 0 Å². The minimum absolute atomic E-state index is 0.0110. The predicted molar refractivity (Wildman–Crippen MR) is 106 cm³/mol. The second-order valence-corrected chi connectivity index (χ2v) is 6.42. The van der Waals surface area contributed by atoms with E-state index in [-0.39, 0.29) is 12.5 Å². The standard InChI is InChI=1S/C21H18FN5O2/c22-17-2-1-9-25-21(17)28-12-14-5-3-13(4-6-14)10-15-11-18(29-27-15)16-7-8-19(23)26-20(16)24/h1-9,11H,10,12H2,(H4,23,24,26). The largest absolute Gasteiger partial charge is 0.471 e. The molecule has 3 heterocycles. The highest BCUT2D eigenvalue weighted by Gasteiger charge is 2.12. The molecule has 0 saturated heterocycles. The quantitative estimate of drug-likeness (QED) is 0.516. The zero-order chi connectivity index (χ0) is 20.2. The lowest BCUT2D eigenvalue weighted by Gasteiger charge is -2.06. The third-order valence-electron chi connectivity index (χ3n) is 4.28. The van der Waals surface area contributed by atoms with Crippen LogP contribution in [-0.4, -0.2) is 15.1 Å². The number of rotatable bonds is 6. The Labute approximate surface area is 166 Å². The Kier molecular flexibility index (Phi) is 5.07. The molecule has 8 heteroatoms. The molecule has 0 aliphatic rings. The molecular formula is C21H18FN5O2. The Balaban J connectivity index is 1.40. The van der Waals surface area contributed by atoms with Crippen LogP contribution in [0.5, 0.6) is 5.88 Å². The van der Waals surface area contributed by atoms with Crippen LogP contribution in [0.15, 0.2) is 65.3 Å². The lowest BCUT2D eigenvalue weighted by molar-refractivity contribution is 0.277. The van der Waals surface area contributed by atoms with E-state index in [4.69, 9.17) is 20.7 Å². The average molecular weight is 391 g/mol. The number of nitrogen functional groups attached to an aromatic ring is 2. The molecule has 1 aromatic carbocycles. The Morgan fingerprint density at radius 1 is 1.00 bits per heavy atom. The third-order valence-corrected chi connectivity index (χ3v) is 4.28. The number of hydrogen-bond donors (Lipinski definition) is 2. The smallest absolute Gasteiger partial charge is 0.250 e. The summed E-state index contributed by atoms with van der Waals surface area (Å²) in [5, 5.41) is 4.10. The zero-order valence-corrected chi connectivity index (χ0v) is 15.4. The first-order valence-corrected chi connectivity index (χ1v) is 8.87. The van der Waals surface area contributed by atoms with Gasteiger partial charge in [0.05, 0.1) is 11.3 Å². The predicted octanol–water partition coefficient (Wildman–Crippen LogP) is 3.60. The molecule has 0 saturated carbocycles. The average Bonchev–Trinajstić information content (AvgIpc) is 3.16. The number of hydrogen-bond acceptors (Lipinski definition) is 7. The summed E-state index contributed by atoms with van der Waals surface area (Å²) in [5.41, 5.74) is 14.9. The SMILES string of the molecule is Nc1ccc(-c2cc(Cc3ccc(COc4ncccc4F)cc3)no2)c(N)n1. The van der Waals surface area contributed by atoms with Crippen LogP contribution in [0.1, 0.15) is 16.8 Å². The molecule has 0 atom stereocenters. The molecule has 4 rings (SSSR count). The van der Waals surface area contributed by atoms with Gasteiger partial charge in [-0.25, -0.2) is 14.4 Å². The highest BCUT2D eigenvalue weighted by molar-refractivity contribution is 5.71. The molecule has 3 aromatic heterocycles. The fourth-order valence-corrected chi connectivity index (χ4v) is 2.81. The van der Waals surface area contributed by atoms with Crippen molar-refractivity contribution in [3.05, 3.63) is 83.4 Å². The monoisotopic (exact) mass is 391 g/mol. The van der Waals surface area contributed by atoms with Crippen molar-refractivity contribution in [3.63, 3.8) is 0 Å². The summed E-state index contributed by atoms with van der Waals surface area (Å²) >= 11 is 0. The Hall–Kier alpha value is -3.94. The molecule has 7 nitrogen and oxygen atoms in total. The van der Waals surface area contributed by atoms with Crippen molar-refractivity contribution in [2.75, 3.05) is 11.5 Å². The van der Waals surface area contributed by atoms with Gasteiger partial charge in [-0.2, -0.15) is 0 Å². The van der Waals surface area contributed by atoms with Gasteiger partial charge in [0.15, 0.2) is 11.6 Å². The van der Waals surface area contributed by atoms with E-state index in [1.807, 2.05) is 30.3 Å². The molecule has 4 N–H and O–H groups in total. The van der Waals surface area contributed by atoms with E-state index in [0.29, 0.717) is 29.4 Å². The molecule has 146 valence electrons. The third kappa shape index (κ3) is 4.32. The number of pyridine rings is 2. The van der Waals surface area contributed by atoms with E-state index in [1.165, 1.54) is 18.3 Å². The highest BCUT2D eigenvalue weighted by atomic mass is 19.1. The Morgan fingerprint density at radius 2 is 1.79 bits per heavy atom. The second-order valence-electron chi connectivity index (χ2n) is 6.42. The van der Waals surface area contributed by atoms with Crippen LogP contribution in [0.2, 0.25) is 0 Å². The van der Waals surface area contributed by atoms with Gasteiger partial charge in [0, 0.05) is 18.7 Å². The first-order chi connectivity index (χ1) is 14.1. The van der Waals surface area contributed by atoms with Crippen molar-refractivity contribution < 1.29 is 13.7 Å². The lowest BCUT2D eigenvalue weighted by Crippen LogP contribution is -1.99. The maximum atomic E-state index is 13.5. The molecule has 0 aliphatic heterocycles. The number of anilines is 2. The van der Waals surface area contributed by atoms with E-state index in [0.717, 1.165) is 16.8 Å². The van der Waals surface area contributed by atoms with Crippen LogP contribution >= 0.6 is 0 Å². The normalized spacial score (nSPS) is 10.8. The molecule has 0 fully saturated rings. The number of halogens is 1. The Morgan fingerprint density at radius 3 is 2.55 bits per heavy atom. The van der Waals surface area contributed by atoms with Crippen molar-refractivity contribution in [2.24, 2.45) is 0 Å². The van der Waals surface area contributed by atoms with Gasteiger partial charge in [0.25, 0.3) is 5.88 Å². The summed E-state index contributed by atoms with van der Waals surface area (Å²) in [6, 6.07) is 15.8. The van der Waals surface area contributed by atoms with Gasteiger partial charge in [-0.15, -0.1) is 0 Å². The molecule has 0 spiro atoms. The van der Waals surface area contributed by atoms with Crippen LogP contribution in [0, 0.1) is 5.82 Å². The summed E-state index contributed by atoms with van der Waals surface area (Å²) < 4.78 is 24.4. The molecule has 29 heavy (non-hydrogen) atoms. The number of nitrogens with zero attached hydrogens (tertiary/aromatic N) is 3. The summed E-state index contributed by atoms with van der Waals surface area (Å²) in [4.78, 5) is 7.89. The van der Waals surface area contributed by atoms with Gasteiger partial charge in [0.1, 0.15) is 18.2 Å². The maximum Gasteiger partial charge on any atom is 0.250 e. The van der Waals surface area contributed by atoms with Crippen molar-refractivity contribution in [3.8, 4) is 17.2 Å². The fourth-order valence-electron chi connectivity index (χ4n) is 2.81. The summed E-state index contributed by atoms with van der Waals surface area (Å²) in [7, 11) is 0. The maximum absolute atomic E-state index is 13.5. The highest BCUT2D eigenvalue weighted by Crippen LogP contribution is 2.26. The van der Waals surface area contributed by atoms with Gasteiger partial charge < -0.3 is 20.7 Å². The fraction of sp³-hybridized carbons (Fsp3) is 0.0952. The van der Waals surface area contributed by atoms with E-state index in [1.54, 1.807) is 12.1 Å². The second kappa shape index (κ2) is 7.97. The molecule has 0 radical (unpaired) electrons. The summed E-state index contributed by atoms with van der Waals surface area (Å²) in [6.45, 7) is 0.228. The van der Waals surface area contributed by atoms with Gasteiger partial charge >= 0.3 is 0 Å². The van der Waals surface area contributed by atoms with Crippen molar-refractivity contribution in [1.82, 2.24) is 15.1 Å². The molecule has 0 unspecified atom stereocenters. The molecule has 0 aliphatic carbocycles. The van der Waals surface area contributed by atoms with E-state index < -0.39 is 5.82 Å². The van der Waals surface area contributed by atoms with Crippen LogP contribution in [0.3, 0.4) is 0 Å². The first-order valence-electron chi connectivity index (χ1n) is 8.87. The lowest BCUT2D eigenvalue weighted by atomic mass is 10.1. The number of benzene rings is 1. The minimum atomic E-state index is -0.483. The van der Waals surface area contributed by atoms with Crippen LogP contribution in [0.25, 0.3) is 11.3 Å². The van der Waals surface area contributed by atoms with E-state index >= 15 is 0 Å². The minimum Gasteiger partial charge on any atom is -0.471 e. The van der Waals surface area contributed by atoms with Gasteiger partial charge in [-0.05, 0) is 35.4 Å². The van der Waals surface area contributed by atoms with Crippen LogP contribution in [-0.2, 0) is 13.0 Å². The molecular weight excluding hydrogens is 373 g/mol. The number of nitrogens with two attached hydrogens (primary N) is 2. The zero-order valence-electron chi connectivity index (χ0n) is 15.4. The van der Waals surface area contributed by atoms with Gasteiger partial charge in [-0.1, -0.05) is 29.4 Å². The summed E-state index contributed by atoms with van der Waals surface area (Å²) in [6.07, 6.45) is 2.07. The molecule has 0 amide bonds. The molecule has 0 bridgehead atoms. The van der Waals surface area contributed by atoms with Crippen molar-refractivity contribution >= 4 is 11.6 Å². The number of aromatic nitrogens is 3. The Bertz CT molecular complexity index is 1130. The van der Waals surface area contributed by atoms with E-state index in [9.17, 15) is 4.39 Å². The van der Waals surface area contributed by atoms with E-state index in [2.05, 4.69) is 15.1 Å². The van der Waals surface area contributed by atoms with Crippen molar-refractivity contribution in [2.45, 2.75) is 13.0 Å². The summed E-state index contributed by atoms with van der Waals surface area (Å²) in [5.74, 6) is 0.681.